The zero-order valence-electron chi connectivity index (χ0n) is 7.34. The van der Waals surface area contributed by atoms with Gasteiger partial charge in [0.15, 0.2) is 0 Å². The monoisotopic (exact) mass is 170 g/mol. The molecule has 0 aromatic heterocycles. The SMILES string of the molecule is COC(=O)C12CCCC1OCC2. The van der Waals surface area contributed by atoms with Crippen molar-refractivity contribution in [1.82, 2.24) is 0 Å². The summed E-state index contributed by atoms with van der Waals surface area (Å²) < 4.78 is 10.3. The van der Waals surface area contributed by atoms with Crippen LogP contribution >= 0.6 is 0 Å². The van der Waals surface area contributed by atoms with E-state index in [2.05, 4.69) is 0 Å². The topological polar surface area (TPSA) is 35.5 Å². The number of hydrogen-bond donors (Lipinski definition) is 0. The Hall–Kier alpha value is -0.570. The maximum atomic E-state index is 11.5. The molecule has 3 heteroatoms. The Morgan fingerprint density at radius 3 is 3.17 bits per heavy atom. The van der Waals surface area contributed by atoms with Gasteiger partial charge in [0.2, 0.25) is 0 Å². The summed E-state index contributed by atoms with van der Waals surface area (Å²) in [7, 11) is 1.46. The lowest BCUT2D eigenvalue weighted by Gasteiger charge is -2.23. The molecule has 1 saturated carbocycles. The fraction of sp³-hybridized carbons (Fsp3) is 0.889. The molecule has 2 atom stereocenters. The van der Waals surface area contributed by atoms with Crippen LogP contribution < -0.4 is 0 Å². The van der Waals surface area contributed by atoms with Crippen LogP contribution in [0, 0.1) is 5.41 Å². The highest BCUT2D eigenvalue weighted by Gasteiger charge is 2.53. The first-order valence-electron chi connectivity index (χ1n) is 4.49. The summed E-state index contributed by atoms with van der Waals surface area (Å²) in [6.07, 6.45) is 4.06. The number of esters is 1. The number of carbonyl (C=O) groups is 1. The number of ether oxygens (including phenoxy) is 2. The van der Waals surface area contributed by atoms with Gasteiger partial charge in [-0.2, -0.15) is 0 Å². The molecule has 0 aromatic carbocycles. The molecule has 0 aromatic rings. The summed E-state index contributed by atoms with van der Waals surface area (Å²) in [6, 6.07) is 0. The van der Waals surface area contributed by atoms with Crippen LogP contribution in [0.1, 0.15) is 25.7 Å². The van der Waals surface area contributed by atoms with Gasteiger partial charge in [0.05, 0.1) is 18.6 Å². The quantitative estimate of drug-likeness (QED) is 0.553. The van der Waals surface area contributed by atoms with E-state index in [0.717, 1.165) is 32.3 Å². The number of rotatable bonds is 1. The molecule has 1 heterocycles. The summed E-state index contributed by atoms with van der Waals surface area (Å²) in [5.74, 6) is -0.0671. The molecule has 1 saturated heterocycles. The lowest BCUT2D eigenvalue weighted by Crippen LogP contribution is -2.35. The van der Waals surface area contributed by atoms with Gasteiger partial charge in [-0.1, -0.05) is 0 Å². The van der Waals surface area contributed by atoms with Gasteiger partial charge in [0, 0.05) is 6.61 Å². The molecule has 1 aliphatic heterocycles. The average molecular weight is 170 g/mol. The molecule has 1 aliphatic carbocycles. The molecule has 0 spiro atoms. The lowest BCUT2D eigenvalue weighted by atomic mass is 9.83. The second kappa shape index (κ2) is 2.73. The van der Waals surface area contributed by atoms with Crippen LogP contribution in [0.25, 0.3) is 0 Å². The predicted octanol–water partition coefficient (Wildman–Crippen LogP) is 1.12. The predicted molar refractivity (Wildman–Crippen MR) is 42.7 cm³/mol. The summed E-state index contributed by atoms with van der Waals surface area (Å²) >= 11 is 0. The highest BCUT2D eigenvalue weighted by atomic mass is 16.5. The van der Waals surface area contributed by atoms with Gasteiger partial charge >= 0.3 is 5.97 Å². The van der Waals surface area contributed by atoms with E-state index >= 15 is 0 Å². The van der Waals surface area contributed by atoms with Crippen LogP contribution in [0.2, 0.25) is 0 Å². The molecule has 2 rings (SSSR count). The van der Waals surface area contributed by atoms with Crippen LogP contribution in [0.5, 0.6) is 0 Å². The number of hydrogen-bond acceptors (Lipinski definition) is 3. The van der Waals surface area contributed by atoms with Gasteiger partial charge in [0.25, 0.3) is 0 Å². The zero-order valence-corrected chi connectivity index (χ0v) is 7.34. The first kappa shape index (κ1) is 8.05. The third-order valence-electron chi connectivity index (χ3n) is 3.16. The minimum Gasteiger partial charge on any atom is -0.469 e. The smallest absolute Gasteiger partial charge is 0.314 e. The molecular weight excluding hydrogens is 156 g/mol. The third-order valence-corrected chi connectivity index (χ3v) is 3.16. The highest BCUT2D eigenvalue weighted by molar-refractivity contribution is 5.78. The van der Waals surface area contributed by atoms with Crippen molar-refractivity contribution in [3.8, 4) is 0 Å². The minimum absolute atomic E-state index is 0.0671. The number of carbonyl (C=O) groups excluding carboxylic acids is 1. The molecular formula is C9H14O3. The number of fused-ring (bicyclic) bond motifs is 1. The molecule has 0 radical (unpaired) electrons. The van der Waals surface area contributed by atoms with Gasteiger partial charge in [-0.15, -0.1) is 0 Å². The van der Waals surface area contributed by atoms with Gasteiger partial charge in [-0.05, 0) is 25.7 Å². The number of methoxy groups -OCH3 is 1. The van der Waals surface area contributed by atoms with E-state index in [0.29, 0.717) is 0 Å². The molecule has 3 nitrogen and oxygen atoms in total. The molecule has 2 unspecified atom stereocenters. The summed E-state index contributed by atoms with van der Waals surface area (Å²) in [6.45, 7) is 0.722. The maximum absolute atomic E-state index is 11.5. The molecule has 0 bridgehead atoms. The normalized spacial score (nSPS) is 39.6. The van der Waals surface area contributed by atoms with E-state index < -0.39 is 0 Å². The van der Waals surface area contributed by atoms with E-state index in [-0.39, 0.29) is 17.5 Å². The average Bonchev–Trinajstić information content (AvgIpc) is 2.60. The van der Waals surface area contributed by atoms with E-state index in [1.165, 1.54) is 7.11 Å². The Kier molecular flexibility index (Phi) is 1.83. The summed E-state index contributed by atoms with van der Waals surface area (Å²) in [4.78, 5) is 11.5. The fourth-order valence-corrected chi connectivity index (χ4v) is 2.49. The molecule has 2 aliphatic rings. The van der Waals surface area contributed by atoms with Crippen molar-refractivity contribution >= 4 is 5.97 Å². The Morgan fingerprint density at radius 2 is 2.42 bits per heavy atom. The van der Waals surface area contributed by atoms with E-state index in [1.807, 2.05) is 0 Å². The Balaban J connectivity index is 2.21. The van der Waals surface area contributed by atoms with Crippen molar-refractivity contribution in [2.75, 3.05) is 13.7 Å². The molecule has 12 heavy (non-hydrogen) atoms. The largest absolute Gasteiger partial charge is 0.469 e. The van der Waals surface area contributed by atoms with Gasteiger partial charge in [0.1, 0.15) is 0 Å². The highest BCUT2D eigenvalue weighted by Crippen LogP contribution is 2.48. The Morgan fingerprint density at radius 1 is 1.58 bits per heavy atom. The van der Waals surface area contributed by atoms with Crippen LogP contribution in [0.3, 0.4) is 0 Å². The van der Waals surface area contributed by atoms with Crippen molar-refractivity contribution < 1.29 is 14.3 Å². The van der Waals surface area contributed by atoms with Crippen molar-refractivity contribution in [2.24, 2.45) is 5.41 Å². The lowest BCUT2D eigenvalue weighted by molar-refractivity contribution is -0.154. The molecule has 0 amide bonds. The Labute approximate surface area is 72.0 Å². The van der Waals surface area contributed by atoms with Crippen LogP contribution in [-0.2, 0) is 14.3 Å². The zero-order chi connectivity index (χ0) is 8.60. The minimum atomic E-state index is -0.269. The van der Waals surface area contributed by atoms with Crippen molar-refractivity contribution in [3.63, 3.8) is 0 Å². The van der Waals surface area contributed by atoms with Gasteiger partial charge < -0.3 is 9.47 Å². The van der Waals surface area contributed by atoms with Crippen LogP contribution in [0.4, 0.5) is 0 Å². The second-order valence-electron chi connectivity index (χ2n) is 3.65. The molecule has 0 N–H and O–H groups in total. The summed E-state index contributed by atoms with van der Waals surface area (Å²) in [5, 5.41) is 0. The van der Waals surface area contributed by atoms with E-state index in [4.69, 9.17) is 9.47 Å². The summed E-state index contributed by atoms with van der Waals surface area (Å²) in [5.41, 5.74) is -0.269. The van der Waals surface area contributed by atoms with Gasteiger partial charge in [-0.25, -0.2) is 0 Å². The first-order valence-corrected chi connectivity index (χ1v) is 4.49. The van der Waals surface area contributed by atoms with E-state index in [9.17, 15) is 4.79 Å². The fourth-order valence-electron chi connectivity index (χ4n) is 2.49. The first-order chi connectivity index (χ1) is 5.79. The second-order valence-corrected chi connectivity index (χ2v) is 3.65. The van der Waals surface area contributed by atoms with Crippen LogP contribution in [-0.4, -0.2) is 25.8 Å². The van der Waals surface area contributed by atoms with Crippen molar-refractivity contribution in [1.29, 1.82) is 0 Å². The van der Waals surface area contributed by atoms with Crippen LogP contribution in [0.15, 0.2) is 0 Å². The molecule has 2 fully saturated rings. The van der Waals surface area contributed by atoms with Crippen molar-refractivity contribution in [2.45, 2.75) is 31.8 Å². The standard InChI is InChI=1S/C9H14O3/c1-11-8(10)9-4-2-3-7(9)12-6-5-9/h7H,2-6H2,1H3. The Bertz CT molecular complexity index is 190. The molecule has 68 valence electrons. The maximum Gasteiger partial charge on any atom is 0.314 e. The van der Waals surface area contributed by atoms with E-state index in [1.54, 1.807) is 0 Å². The third kappa shape index (κ3) is 0.891. The van der Waals surface area contributed by atoms with Gasteiger partial charge in [-0.3, -0.25) is 4.79 Å². The van der Waals surface area contributed by atoms with Crippen molar-refractivity contribution in [3.05, 3.63) is 0 Å².